The average molecular weight is 762 g/mol. The predicted octanol–water partition coefficient (Wildman–Crippen LogP) is 8.01. The number of phenolic OH excluding ortho intramolecular Hbond substituents is 1. The van der Waals surface area contributed by atoms with Crippen LogP contribution in [0.25, 0.3) is 0 Å². The Morgan fingerprint density at radius 3 is 2.28 bits per heavy atom. The third-order valence-electron chi connectivity index (χ3n) is 13.6. The molecule has 1 unspecified atom stereocenters. The van der Waals surface area contributed by atoms with Crippen LogP contribution in [-0.2, 0) is 35.3 Å². The maximum atomic E-state index is 13.4. The molecule has 57 heavy (non-hydrogen) atoms. The second kappa shape index (κ2) is 14.8. The first-order chi connectivity index (χ1) is 27.6. The Labute approximate surface area is 335 Å². The lowest BCUT2D eigenvalue weighted by molar-refractivity contribution is -0.155. The van der Waals surface area contributed by atoms with Crippen molar-refractivity contribution in [1.29, 1.82) is 0 Å². The zero-order valence-electron chi connectivity index (χ0n) is 32.8. The van der Waals surface area contributed by atoms with E-state index < -0.39 is 17.9 Å². The van der Waals surface area contributed by atoms with Crippen LogP contribution in [0.5, 0.6) is 5.75 Å². The number of imide groups is 1. The number of rotatable bonds is 10. The number of hydrogen-bond acceptors (Lipinski definition) is 5. The highest BCUT2D eigenvalue weighted by molar-refractivity contribution is 6.23. The molecule has 0 aromatic heterocycles. The number of allylic oxidation sites excluding steroid dienone is 1. The summed E-state index contributed by atoms with van der Waals surface area (Å²) in [5.74, 6) is 0.595. The number of fused-ring (bicyclic) bond motifs is 2. The van der Waals surface area contributed by atoms with Crippen LogP contribution in [0.2, 0.25) is 0 Å². The van der Waals surface area contributed by atoms with Gasteiger partial charge in [-0.05, 0) is 139 Å². The van der Waals surface area contributed by atoms with E-state index in [-0.39, 0.29) is 23.1 Å². The molecular formula is C49H51N3O5. The van der Waals surface area contributed by atoms with Crippen molar-refractivity contribution in [3.05, 3.63) is 147 Å². The number of piperidine rings is 1. The lowest BCUT2D eigenvalue weighted by Gasteiger charge is -2.59. The summed E-state index contributed by atoms with van der Waals surface area (Å²) in [5.41, 5.74) is 10.2. The van der Waals surface area contributed by atoms with Crippen molar-refractivity contribution in [2.45, 2.75) is 95.4 Å². The summed E-state index contributed by atoms with van der Waals surface area (Å²) in [6.07, 6.45) is 8.77. The summed E-state index contributed by atoms with van der Waals surface area (Å²) in [7, 11) is 0. The second-order valence-electron chi connectivity index (χ2n) is 17.4. The highest BCUT2D eigenvalue weighted by atomic mass is 16.3. The van der Waals surface area contributed by atoms with Gasteiger partial charge in [0.05, 0.1) is 11.1 Å². The number of carbonyl (C=O) groups is 4. The fraction of sp³-hybridized carbons (Fsp3) is 0.388. The van der Waals surface area contributed by atoms with Gasteiger partial charge in [-0.25, -0.2) is 0 Å². The van der Waals surface area contributed by atoms with Gasteiger partial charge in [0, 0.05) is 36.5 Å². The summed E-state index contributed by atoms with van der Waals surface area (Å²) in [6, 6.07) is 28.8. The SMILES string of the molecule is C=C1CCC(N2C(=O)c3cc(CC)c(CCCC(=O)N4CC5(CC(Cc6ccc([C@@H]7c8ccc(O)cc8CC[C@@H]7c7ccccc7)cc6)C5)C4)cc3C2=O)C(=O)N1. The molecule has 1 spiro atoms. The van der Waals surface area contributed by atoms with Crippen molar-refractivity contribution in [2.75, 3.05) is 13.1 Å². The summed E-state index contributed by atoms with van der Waals surface area (Å²) >= 11 is 0. The molecule has 0 radical (unpaired) electrons. The van der Waals surface area contributed by atoms with Crippen molar-refractivity contribution < 1.29 is 24.3 Å². The third kappa shape index (κ3) is 6.87. The van der Waals surface area contributed by atoms with Gasteiger partial charge in [-0.1, -0.05) is 74.2 Å². The van der Waals surface area contributed by atoms with E-state index in [9.17, 15) is 24.3 Å². The van der Waals surface area contributed by atoms with Crippen molar-refractivity contribution in [2.24, 2.45) is 11.3 Å². The number of aromatic hydroxyl groups is 1. The van der Waals surface area contributed by atoms with Gasteiger partial charge in [0.2, 0.25) is 11.8 Å². The van der Waals surface area contributed by atoms with Gasteiger partial charge in [0.15, 0.2) is 0 Å². The van der Waals surface area contributed by atoms with Gasteiger partial charge in [-0.3, -0.25) is 24.1 Å². The Hall–Kier alpha value is -5.50. The molecule has 3 atom stereocenters. The standard InChI is InChI=1S/C49H51N3O5/c1-3-33-24-41-42(48(57)52(47(41)56)43-21-12-30(2)50-46(43)55)25-36(33)10-7-11-44(54)51-28-49(29-51)26-32(27-49)22-31-13-15-35(16-14-31)45-39(34-8-5-4-6-9-34)19-17-37-23-38(53)18-20-40(37)45/h4-6,8-9,13-16,18,20,23-25,32,39,43,45,53H,2-3,7,10-12,17,19,21-22,26-29H2,1H3,(H,50,55)/t39-,43?,45+/m1/s1. The fourth-order valence-corrected chi connectivity index (χ4v) is 10.8. The number of aryl methyl sites for hydroxylation is 3. The zero-order valence-corrected chi connectivity index (χ0v) is 32.8. The topological polar surface area (TPSA) is 107 Å². The lowest BCUT2D eigenvalue weighted by Crippen LogP contribution is -2.63. The van der Waals surface area contributed by atoms with Gasteiger partial charge in [-0.15, -0.1) is 0 Å². The van der Waals surface area contributed by atoms with Crippen LogP contribution < -0.4 is 5.32 Å². The normalized spacial score (nSPS) is 22.5. The monoisotopic (exact) mass is 761 g/mol. The number of phenols is 1. The number of hydrogen-bond donors (Lipinski definition) is 2. The highest BCUT2D eigenvalue weighted by Gasteiger charge is 2.53. The number of carbonyl (C=O) groups excluding carboxylic acids is 4. The van der Waals surface area contributed by atoms with E-state index in [1.165, 1.54) is 27.8 Å². The van der Waals surface area contributed by atoms with E-state index in [1.54, 1.807) is 0 Å². The molecule has 3 fully saturated rings. The molecule has 2 saturated heterocycles. The zero-order chi connectivity index (χ0) is 39.4. The molecule has 1 saturated carbocycles. The molecule has 2 aliphatic carbocycles. The number of amides is 4. The average Bonchev–Trinajstić information content (AvgIpc) is 3.42. The summed E-state index contributed by atoms with van der Waals surface area (Å²) in [5, 5.41) is 12.9. The molecule has 4 aromatic carbocycles. The molecular weight excluding hydrogens is 711 g/mol. The van der Waals surface area contributed by atoms with Crippen LogP contribution in [0.4, 0.5) is 0 Å². The Morgan fingerprint density at radius 2 is 1.58 bits per heavy atom. The fourth-order valence-electron chi connectivity index (χ4n) is 10.8. The molecule has 4 amide bonds. The van der Waals surface area contributed by atoms with E-state index >= 15 is 0 Å². The van der Waals surface area contributed by atoms with Crippen LogP contribution >= 0.6 is 0 Å². The first kappa shape index (κ1) is 37.1. The third-order valence-corrected chi connectivity index (χ3v) is 13.6. The Balaban J connectivity index is 0.767. The van der Waals surface area contributed by atoms with Crippen molar-refractivity contribution >= 4 is 23.6 Å². The van der Waals surface area contributed by atoms with Crippen LogP contribution in [-0.4, -0.2) is 57.7 Å². The van der Waals surface area contributed by atoms with Gasteiger partial charge in [0.1, 0.15) is 11.8 Å². The Kier molecular flexibility index (Phi) is 9.62. The molecule has 8 nitrogen and oxygen atoms in total. The van der Waals surface area contributed by atoms with Crippen LogP contribution in [0.3, 0.4) is 0 Å². The van der Waals surface area contributed by atoms with Crippen molar-refractivity contribution in [3.63, 3.8) is 0 Å². The highest BCUT2D eigenvalue weighted by Crippen LogP contribution is 2.53. The first-order valence-corrected chi connectivity index (χ1v) is 20.9. The van der Waals surface area contributed by atoms with E-state index in [1.807, 2.05) is 36.1 Å². The quantitative estimate of drug-likeness (QED) is 0.159. The molecule has 9 rings (SSSR count). The molecule has 3 heterocycles. The first-order valence-electron chi connectivity index (χ1n) is 20.9. The lowest BCUT2D eigenvalue weighted by atomic mass is 9.56. The van der Waals surface area contributed by atoms with E-state index in [2.05, 4.69) is 72.6 Å². The summed E-state index contributed by atoms with van der Waals surface area (Å²) in [4.78, 5) is 55.8. The van der Waals surface area contributed by atoms with Gasteiger partial charge in [-0.2, -0.15) is 0 Å². The van der Waals surface area contributed by atoms with Crippen molar-refractivity contribution in [3.8, 4) is 5.75 Å². The molecule has 3 aliphatic heterocycles. The maximum Gasteiger partial charge on any atom is 0.262 e. The molecule has 0 bridgehead atoms. The number of benzene rings is 4. The summed E-state index contributed by atoms with van der Waals surface area (Å²) in [6.45, 7) is 7.51. The molecule has 4 aromatic rings. The Morgan fingerprint density at radius 1 is 0.860 bits per heavy atom. The van der Waals surface area contributed by atoms with Gasteiger partial charge >= 0.3 is 0 Å². The largest absolute Gasteiger partial charge is 0.508 e. The number of nitrogens with one attached hydrogen (secondary N) is 1. The minimum absolute atomic E-state index is 0.189. The van der Waals surface area contributed by atoms with Crippen LogP contribution in [0, 0.1) is 11.3 Å². The van der Waals surface area contributed by atoms with Crippen molar-refractivity contribution in [1.82, 2.24) is 15.1 Å². The van der Waals surface area contributed by atoms with E-state index in [4.69, 9.17) is 0 Å². The van der Waals surface area contributed by atoms with E-state index in [0.29, 0.717) is 72.9 Å². The van der Waals surface area contributed by atoms with Crippen LogP contribution in [0.15, 0.2) is 97.2 Å². The minimum atomic E-state index is -0.830. The molecule has 8 heteroatoms. The van der Waals surface area contributed by atoms with Gasteiger partial charge < -0.3 is 15.3 Å². The molecule has 2 N–H and O–H groups in total. The smallest absolute Gasteiger partial charge is 0.262 e. The predicted molar refractivity (Wildman–Crippen MR) is 219 cm³/mol. The molecule has 5 aliphatic rings. The summed E-state index contributed by atoms with van der Waals surface area (Å²) < 4.78 is 0. The molecule has 292 valence electrons. The van der Waals surface area contributed by atoms with Crippen LogP contribution in [0.1, 0.15) is 123 Å². The van der Waals surface area contributed by atoms with E-state index in [0.717, 1.165) is 61.2 Å². The number of nitrogens with zero attached hydrogens (tertiary/aromatic N) is 2. The number of likely N-dealkylation sites (tertiary alicyclic amines) is 1. The maximum absolute atomic E-state index is 13.4. The van der Waals surface area contributed by atoms with Gasteiger partial charge in [0.25, 0.3) is 11.8 Å². The minimum Gasteiger partial charge on any atom is -0.508 e. The Bertz CT molecular complexity index is 2270. The second-order valence-corrected chi connectivity index (χ2v) is 17.4.